The predicted octanol–water partition coefficient (Wildman–Crippen LogP) is 1.70. The maximum absolute atomic E-state index is 10.8. The highest BCUT2D eigenvalue weighted by Gasteiger charge is 1.94. The van der Waals surface area contributed by atoms with Crippen molar-refractivity contribution < 1.29 is 14.6 Å². The molecule has 1 aromatic carbocycles. The maximum atomic E-state index is 10.8. The van der Waals surface area contributed by atoms with Gasteiger partial charge in [-0.25, -0.2) is 0 Å². The van der Waals surface area contributed by atoms with E-state index in [0.29, 0.717) is 19.8 Å². The van der Waals surface area contributed by atoms with Crippen LogP contribution in [0.1, 0.15) is 19.4 Å². The molecule has 0 unspecified atom stereocenters. The summed E-state index contributed by atoms with van der Waals surface area (Å²) in [6.45, 7) is 5.70. The van der Waals surface area contributed by atoms with Crippen LogP contribution in [0.25, 0.3) is 0 Å². The Kier molecular flexibility index (Phi) is 5.15. The van der Waals surface area contributed by atoms with Gasteiger partial charge in [-0.2, -0.15) is 0 Å². The molecule has 0 aliphatic heterocycles. The lowest BCUT2D eigenvalue weighted by Gasteiger charge is -2.09. The minimum atomic E-state index is 0.0295. The topological polar surface area (TPSA) is 41.5 Å². The van der Waals surface area contributed by atoms with Crippen LogP contribution < -0.4 is 5.11 Å². The molecule has 0 spiro atoms. The molecular weight excluding hydrogens is 192 g/mol. The van der Waals surface area contributed by atoms with Crippen LogP contribution in [0.3, 0.4) is 0 Å². The van der Waals surface area contributed by atoms with Crippen molar-refractivity contribution in [2.24, 2.45) is 0 Å². The summed E-state index contributed by atoms with van der Waals surface area (Å²) in [4.78, 5) is 0. The number of hydrogen-bond donors (Lipinski definition) is 0. The average Bonchev–Trinajstić information content (AvgIpc) is 2.20. The first-order valence-corrected chi connectivity index (χ1v) is 5.14. The van der Waals surface area contributed by atoms with Gasteiger partial charge >= 0.3 is 0 Å². The first-order valence-electron chi connectivity index (χ1n) is 5.14. The van der Waals surface area contributed by atoms with Crippen LogP contribution >= 0.6 is 0 Å². The molecule has 0 fully saturated rings. The average molecular weight is 209 g/mol. The molecule has 0 N–H and O–H groups in total. The molecule has 1 rings (SSSR count). The van der Waals surface area contributed by atoms with Crippen molar-refractivity contribution in [3.8, 4) is 5.75 Å². The van der Waals surface area contributed by atoms with E-state index in [9.17, 15) is 5.11 Å². The summed E-state index contributed by atoms with van der Waals surface area (Å²) in [5.41, 5.74) is 1.01. The second-order valence-electron chi connectivity index (χ2n) is 3.62. The van der Waals surface area contributed by atoms with Crippen LogP contribution in [-0.2, 0) is 16.1 Å². The summed E-state index contributed by atoms with van der Waals surface area (Å²) < 4.78 is 10.7. The first kappa shape index (κ1) is 12.0. The fourth-order valence-corrected chi connectivity index (χ4v) is 1.12. The molecule has 0 heterocycles. The second-order valence-corrected chi connectivity index (χ2v) is 3.62. The Labute approximate surface area is 90.6 Å². The van der Waals surface area contributed by atoms with Crippen LogP contribution in [0.2, 0.25) is 0 Å². The first-order chi connectivity index (χ1) is 7.18. The quantitative estimate of drug-likeness (QED) is 0.670. The molecule has 0 aliphatic carbocycles. The summed E-state index contributed by atoms with van der Waals surface area (Å²) in [5, 5.41) is 10.8. The van der Waals surface area contributed by atoms with Crippen molar-refractivity contribution in [1.82, 2.24) is 0 Å². The van der Waals surface area contributed by atoms with Crippen LogP contribution in [-0.4, -0.2) is 19.3 Å². The number of ether oxygens (including phenoxy) is 2. The standard InChI is InChI=1S/C12H18O3/c1-10(2)15-8-7-14-9-11-3-5-12(13)6-4-11/h3-6,10,13H,7-9H2,1-2H3/p-1. The molecule has 0 aliphatic rings. The molecular formula is C12H17O3-. The van der Waals surface area contributed by atoms with Crippen molar-refractivity contribution in [3.05, 3.63) is 29.8 Å². The fourth-order valence-electron chi connectivity index (χ4n) is 1.12. The number of hydrogen-bond acceptors (Lipinski definition) is 3. The van der Waals surface area contributed by atoms with Crippen LogP contribution in [0.15, 0.2) is 24.3 Å². The van der Waals surface area contributed by atoms with E-state index in [0.717, 1.165) is 5.56 Å². The lowest BCUT2D eigenvalue weighted by molar-refractivity contribution is -0.268. The highest BCUT2D eigenvalue weighted by molar-refractivity contribution is 5.24. The molecule has 3 nitrogen and oxygen atoms in total. The number of benzene rings is 1. The predicted molar refractivity (Wildman–Crippen MR) is 56.6 cm³/mol. The van der Waals surface area contributed by atoms with Gasteiger partial charge in [-0.05, 0) is 19.4 Å². The Balaban J connectivity index is 2.12. The highest BCUT2D eigenvalue weighted by Crippen LogP contribution is 2.07. The third-order valence-electron chi connectivity index (χ3n) is 1.87. The van der Waals surface area contributed by atoms with Gasteiger partial charge < -0.3 is 14.6 Å². The van der Waals surface area contributed by atoms with Gasteiger partial charge in [-0.3, -0.25) is 0 Å². The lowest BCUT2D eigenvalue weighted by atomic mass is 10.2. The zero-order valence-electron chi connectivity index (χ0n) is 9.23. The molecule has 0 saturated carbocycles. The van der Waals surface area contributed by atoms with E-state index in [1.54, 1.807) is 24.3 Å². The van der Waals surface area contributed by atoms with E-state index in [2.05, 4.69) is 0 Å². The minimum Gasteiger partial charge on any atom is -0.872 e. The SMILES string of the molecule is CC(C)OCCOCc1ccc([O-])cc1. The van der Waals surface area contributed by atoms with E-state index in [4.69, 9.17) is 9.47 Å². The van der Waals surface area contributed by atoms with Gasteiger partial charge in [0, 0.05) is 0 Å². The van der Waals surface area contributed by atoms with Crippen molar-refractivity contribution in [2.75, 3.05) is 13.2 Å². The largest absolute Gasteiger partial charge is 0.872 e. The molecule has 1 aromatic rings. The summed E-state index contributed by atoms with van der Waals surface area (Å²) in [7, 11) is 0. The molecule has 0 saturated heterocycles. The Bertz CT molecular complexity index is 267. The summed E-state index contributed by atoms with van der Waals surface area (Å²) in [6.07, 6.45) is 0.244. The van der Waals surface area contributed by atoms with E-state index >= 15 is 0 Å². The summed E-state index contributed by atoms with van der Waals surface area (Å²) in [5.74, 6) is 0.0295. The molecule has 0 atom stereocenters. The van der Waals surface area contributed by atoms with Crippen LogP contribution in [0.4, 0.5) is 0 Å². The Morgan fingerprint density at radius 3 is 2.40 bits per heavy atom. The second kappa shape index (κ2) is 6.43. The molecule has 3 heteroatoms. The molecule has 0 amide bonds. The van der Waals surface area contributed by atoms with E-state index < -0.39 is 0 Å². The molecule has 84 valence electrons. The monoisotopic (exact) mass is 209 g/mol. The van der Waals surface area contributed by atoms with Gasteiger partial charge in [-0.15, -0.1) is 5.75 Å². The van der Waals surface area contributed by atoms with Gasteiger partial charge in [0.15, 0.2) is 0 Å². The van der Waals surface area contributed by atoms with Gasteiger partial charge in [-0.1, -0.05) is 24.3 Å². The molecule has 15 heavy (non-hydrogen) atoms. The van der Waals surface area contributed by atoms with Crippen molar-refractivity contribution >= 4 is 0 Å². The van der Waals surface area contributed by atoms with Crippen molar-refractivity contribution in [3.63, 3.8) is 0 Å². The Morgan fingerprint density at radius 1 is 1.13 bits per heavy atom. The van der Waals surface area contributed by atoms with Gasteiger partial charge in [0.2, 0.25) is 0 Å². The molecule has 0 radical (unpaired) electrons. The summed E-state index contributed by atoms with van der Waals surface area (Å²) >= 11 is 0. The van der Waals surface area contributed by atoms with Crippen LogP contribution in [0, 0.1) is 0 Å². The normalized spacial score (nSPS) is 10.9. The van der Waals surface area contributed by atoms with Crippen molar-refractivity contribution in [1.29, 1.82) is 0 Å². The summed E-state index contributed by atoms with van der Waals surface area (Å²) in [6, 6.07) is 6.66. The minimum absolute atomic E-state index is 0.0295. The highest BCUT2D eigenvalue weighted by atomic mass is 16.5. The Morgan fingerprint density at radius 2 is 1.80 bits per heavy atom. The van der Waals surface area contributed by atoms with Crippen molar-refractivity contribution in [2.45, 2.75) is 26.6 Å². The van der Waals surface area contributed by atoms with E-state index in [1.807, 2.05) is 13.8 Å². The maximum Gasteiger partial charge on any atom is 0.0718 e. The number of rotatable bonds is 6. The fraction of sp³-hybridized carbons (Fsp3) is 0.500. The van der Waals surface area contributed by atoms with Gasteiger partial charge in [0.1, 0.15) is 0 Å². The van der Waals surface area contributed by atoms with Gasteiger partial charge in [0.05, 0.1) is 25.9 Å². The lowest BCUT2D eigenvalue weighted by Crippen LogP contribution is -2.09. The molecule has 0 aromatic heterocycles. The molecule has 0 bridgehead atoms. The third kappa shape index (κ3) is 5.40. The zero-order chi connectivity index (χ0) is 11.1. The van der Waals surface area contributed by atoms with E-state index in [-0.39, 0.29) is 11.9 Å². The van der Waals surface area contributed by atoms with E-state index in [1.165, 1.54) is 0 Å². The zero-order valence-corrected chi connectivity index (χ0v) is 9.23. The third-order valence-corrected chi connectivity index (χ3v) is 1.87. The van der Waals surface area contributed by atoms with Gasteiger partial charge in [0.25, 0.3) is 0 Å². The smallest absolute Gasteiger partial charge is 0.0718 e. The van der Waals surface area contributed by atoms with Crippen LogP contribution in [0.5, 0.6) is 5.75 Å². The Hall–Kier alpha value is -1.06.